The molecule has 1 fully saturated rings. The summed E-state index contributed by atoms with van der Waals surface area (Å²) < 4.78 is 14.6. The van der Waals surface area contributed by atoms with Crippen molar-refractivity contribution in [2.24, 2.45) is 0 Å². The first kappa shape index (κ1) is 14.0. The number of halogens is 2. The van der Waals surface area contributed by atoms with Crippen LogP contribution in [0.1, 0.15) is 31.2 Å². The Labute approximate surface area is 116 Å². The van der Waals surface area contributed by atoms with Crippen LogP contribution in [-0.2, 0) is 6.54 Å². The third-order valence-corrected chi connectivity index (χ3v) is 4.09. The van der Waals surface area contributed by atoms with Crippen LogP contribution in [-0.4, -0.2) is 29.2 Å². The molecular formula is C14H19BrFNO. The maximum absolute atomic E-state index is 13.8. The van der Waals surface area contributed by atoms with Crippen molar-refractivity contribution in [3.8, 4) is 0 Å². The quantitative estimate of drug-likeness (QED) is 0.921. The molecule has 0 spiro atoms. The topological polar surface area (TPSA) is 23.5 Å². The van der Waals surface area contributed by atoms with Crippen molar-refractivity contribution in [1.82, 2.24) is 4.90 Å². The number of hydrogen-bond donors (Lipinski definition) is 1. The van der Waals surface area contributed by atoms with E-state index < -0.39 is 0 Å². The summed E-state index contributed by atoms with van der Waals surface area (Å²) in [6.07, 6.45) is 4.28. The van der Waals surface area contributed by atoms with Gasteiger partial charge in [-0.25, -0.2) is 4.39 Å². The summed E-state index contributed by atoms with van der Waals surface area (Å²) in [7, 11) is 0. The average molecular weight is 316 g/mol. The van der Waals surface area contributed by atoms with Gasteiger partial charge < -0.3 is 5.11 Å². The lowest BCUT2D eigenvalue weighted by atomic mass is 9.99. The molecule has 1 atom stereocenters. The second-order valence-electron chi connectivity index (χ2n) is 4.87. The molecule has 1 aromatic carbocycles. The van der Waals surface area contributed by atoms with Gasteiger partial charge in [-0.1, -0.05) is 28.4 Å². The second-order valence-corrected chi connectivity index (χ2v) is 5.78. The molecule has 0 amide bonds. The molecular weight excluding hydrogens is 297 g/mol. The predicted molar refractivity (Wildman–Crippen MR) is 73.9 cm³/mol. The molecule has 1 N–H and O–H groups in total. The van der Waals surface area contributed by atoms with Gasteiger partial charge in [-0.3, -0.25) is 4.90 Å². The standard InChI is InChI=1S/C14H19BrFNO/c15-12-5-4-11(14(16)9-12)10-17-7-2-1-3-13(17)6-8-18/h4-5,9,13,18H,1-3,6-8,10H2/t13-/m1/s1. The minimum Gasteiger partial charge on any atom is -0.396 e. The molecule has 1 aliphatic rings. The molecule has 0 unspecified atom stereocenters. The van der Waals surface area contributed by atoms with E-state index in [0.29, 0.717) is 12.6 Å². The molecule has 0 radical (unpaired) electrons. The zero-order valence-corrected chi connectivity index (χ0v) is 12.0. The first-order chi connectivity index (χ1) is 8.70. The SMILES string of the molecule is OCC[C@H]1CCCCN1Cc1ccc(Br)cc1F. The molecule has 1 aliphatic heterocycles. The van der Waals surface area contributed by atoms with E-state index in [9.17, 15) is 4.39 Å². The molecule has 0 aromatic heterocycles. The zero-order chi connectivity index (χ0) is 13.0. The van der Waals surface area contributed by atoms with E-state index in [0.717, 1.165) is 29.4 Å². The van der Waals surface area contributed by atoms with E-state index in [2.05, 4.69) is 20.8 Å². The van der Waals surface area contributed by atoms with Crippen LogP contribution in [0, 0.1) is 5.82 Å². The second kappa shape index (κ2) is 6.64. The van der Waals surface area contributed by atoms with E-state index in [1.807, 2.05) is 12.1 Å². The highest BCUT2D eigenvalue weighted by Gasteiger charge is 2.22. The van der Waals surface area contributed by atoms with Crippen molar-refractivity contribution in [3.63, 3.8) is 0 Å². The number of rotatable bonds is 4. The number of piperidine rings is 1. The molecule has 1 heterocycles. The number of hydrogen-bond acceptors (Lipinski definition) is 2. The van der Waals surface area contributed by atoms with Gasteiger partial charge in [0, 0.05) is 29.2 Å². The number of benzene rings is 1. The summed E-state index contributed by atoms with van der Waals surface area (Å²) in [4.78, 5) is 2.30. The van der Waals surface area contributed by atoms with Gasteiger partial charge in [-0.2, -0.15) is 0 Å². The van der Waals surface area contributed by atoms with Crippen molar-refractivity contribution in [1.29, 1.82) is 0 Å². The fourth-order valence-corrected chi connectivity index (χ4v) is 2.95. The van der Waals surface area contributed by atoms with Crippen LogP contribution >= 0.6 is 15.9 Å². The molecule has 0 saturated carbocycles. The molecule has 2 rings (SSSR count). The monoisotopic (exact) mass is 315 g/mol. The van der Waals surface area contributed by atoms with Crippen LogP contribution in [0.4, 0.5) is 4.39 Å². The van der Waals surface area contributed by atoms with E-state index in [4.69, 9.17) is 5.11 Å². The Balaban J connectivity index is 2.06. The third-order valence-electron chi connectivity index (χ3n) is 3.60. The van der Waals surface area contributed by atoms with Gasteiger partial charge in [0.15, 0.2) is 0 Å². The summed E-state index contributed by atoms with van der Waals surface area (Å²) in [5, 5.41) is 9.09. The molecule has 1 saturated heterocycles. The normalized spacial score (nSPS) is 21.2. The van der Waals surface area contributed by atoms with Crippen LogP contribution < -0.4 is 0 Å². The van der Waals surface area contributed by atoms with Gasteiger partial charge in [0.1, 0.15) is 5.82 Å². The fourth-order valence-electron chi connectivity index (χ4n) is 2.61. The highest BCUT2D eigenvalue weighted by molar-refractivity contribution is 9.10. The van der Waals surface area contributed by atoms with Gasteiger partial charge in [-0.05, 0) is 37.9 Å². The highest BCUT2D eigenvalue weighted by atomic mass is 79.9. The summed E-state index contributed by atoms with van der Waals surface area (Å²) in [5.74, 6) is -0.155. The maximum Gasteiger partial charge on any atom is 0.128 e. The summed E-state index contributed by atoms with van der Waals surface area (Å²) in [6.45, 7) is 1.86. The Hall–Kier alpha value is -0.450. The lowest BCUT2D eigenvalue weighted by Gasteiger charge is -2.35. The Bertz CT molecular complexity index is 397. The van der Waals surface area contributed by atoms with Crippen molar-refractivity contribution in [3.05, 3.63) is 34.1 Å². The van der Waals surface area contributed by atoms with E-state index in [-0.39, 0.29) is 12.4 Å². The lowest BCUT2D eigenvalue weighted by Crippen LogP contribution is -2.39. The minimum absolute atomic E-state index is 0.155. The summed E-state index contributed by atoms with van der Waals surface area (Å²) in [6, 6.07) is 5.63. The zero-order valence-electron chi connectivity index (χ0n) is 10.4. The van der Waals surface area contributed by atoms with Crippen LogP contribution in [0.5, 0.6) is 0 Å². The Morgan fingerprint density at radius 1 is 1.39 bits per heavy atom. The Morgan fingerprint density at radius 3 is 2.94 bits per heavy atom. The molecule has 100 valence electrons. The molecule has 0 bridgehead atoms. The van der Waals surface area contributed by atoms with E-state index in [1.165, 1.54) is 18.9 Å². The average Bonchev–Trinajstić information content (AvgIpc) is 2.35. The van der Waals surface area contributed by atoms with Gasteiger partial charge in [0.25, 0.3) is 0 Å². The highest BCUT2D eigenvalue weighted by Crippen LogP contribution is 2.23. The van der Waals surface area contributed by atoms with Crippen molar-refractivity contribution >= 4 is 15.9 Å². The van der Waals surface area contributed by atoms with Gasteiger partial charge in [0.2, 0.25) is 0 Å². The van der Waals surface area contributed by atoms with Crippen LogP contribution in [0.3, 0.4) is 0 Å². The first-order valence-corrected chi connectivity index (χ1v) is 7.29. The maximum atomic E-state index is 13.8. The van der Waals surface area contributed by atoms with E-state index >= 15 is 0 Å². The Morgan fingerprint density at radius 2 is 2.22 bits per heavy atom. The number of likely N-dealkylation sites (tertiary alicyclic amines) is 1. The number of nitrogens with zero attached hydrogens (tertiary/aromatic N) is 1. The number of aliphatic hydroxyl groups excluding tert-OH is 1. The smallest absolute Gasteiger partial charge is 0.128 e. The molecule has 2 nitrogen and oxygen atoms in total. The molecule has 1 aromatic rings. The third kappa shape index (κ3) is 3.53. The molecule has 18 heavy (non-hydrogen) atoms. The van der Waals surface area contributed by atoms with Crippen LogP contribution in [0.2, 0.25) is 0 Å². The van der Waals surface area contributed by atoms with E-state index in [1.54, 1.807) is 0 Å². The van der Waals surface area contributed by atoms with Gasteiger partial charge in [-0.15, -0.1) is 0 Å². The summed E-state index contributed by atoms with van der Waals surface area (Å²) in [5.41, 5.74) is 0.739. The van der Waals surface area contributed by atoms with Crippen molar-refractivity contribution in [2.75, 3.05) is 13.2 Å². The molecule has 4 heteroatoms. The largest absolute Gasteiger partial charge is 0.396 e. The lowest BCUT2D eigenvalue weighted by molar-refractivity contribution is 0.111. The summed E-state index contributed by atoms with van der Waals surface area (Å²) >= 11 is 3.27. The molecule has 0 aliphatic carbocycles. The minimum atomic E-state index is -0.155. The Kier molecular flexibility index (Phi) is 5.15. The van der Waals surface area contributed by atoms with Gasteiger partial charge in [0.05, 0.1) is 0 Å². The van der Waals surface area contributed by atoms with Gasteiger partial charge >= 0.3 is 0 Å². The first-order valence-electron chi connectivity index (χ1n) is 6.49. The fraction of sp³-hybridized carbons (Fsp3) is 0.571. The van der Waals surface area contributed by atoms with Crippen LogP contribution in [0.15, 0.2) is 22.7 Å². The predicted octanol–water partition coefficient (Wildman–Crippen LogP) is 3.33. The van der Waals surface area contributed by atoms with Crippen molar-refractivity contribution < 1.29 is 9.50 Å². The number of aliphatic hydroxyl groups is 1. The van der Waals surface area contributed by atoms with Crippen LogP contribution in [0.25, 0.3) is 0 Å². The van der Waals surface area contributed by atoms with Crippen molar-refractivity contribution in [2.45, 2.75) is 38.3 Å².